The summed E-state index contributed by atoms with van der Waals surface area (Å²) in [5.74, 6) is 2.52. The van der Waals surface area contributed by atoms with Crippen LogP contribution in [-0.2, 0) is 6.54 Å². The number of likely N-dealkylation sites (tertiary alicyclic amines) is 1. The molecule has 1 aliphatic rings. The summed E-state index contributed by atoms with van der Waals surface area (Å²) in [7, 11) is 0. The van der Waals surface area contributed by atoms with Gasteiger partial charge in [-0.05, 0) is 37.5 Å². The number of aliphatic imine (C=N–C) groups is 1. The van der Waals surface area contributed by atoms with E-state index in [9.17, 15) is 0 Å². The number of pyridine rings is 1. The number of hydrogen-bond acceptors (Lipinski definition) is 4. The lowest BCUT2D eigenvalue weighted by atomic mass is 10.2. The first-order valence-electron chi connectivity index (χ1n) is 9.65. The number of benzene rings is 1. The summed E-state index contributed by atoms with van der Waals surface area (Å²) in [5, 5.41) is 0. The maximum Gasteiger partial charge on any atom is 0.219 e. The van der Waals surface area contributed by atoms with Crippen molar-refractivity contribution in [2.75, 3.05) is 19.7 Å². The summed E-state index contributed by atoms with van der Waals surface area (Å²) >= 11 is 0. The molecule has 6 heteroatoms. The van der Waals surface area contributed by atoms with Crippen LogP contribution >= 0.6 is 0 Å². The second kappa shape index (κ2) is 9.80. The highest BCUT2D eigenvalue weighted by Crippen LogP contribution is 2.30. The molecule has 1 aliphatic heterocycles. The Hall–Kier alpha value is -2.76. The van der Waals surface area contributed by atoms with Gasteiger partial charge in [-0.2, -0.15) is 0 Å². The molecular weight excluding hydrogens is 340 g/mol. The quantitative estimate of drug-likeness (QED) is 0.617. The van der Waals surface area contributed by atoms with E-state index in [1.807, 2.05) is 43.3 Å². The van der Waals surface area contributed by atoms with Gasteiger partial charge in [-0.3, -0.25) is 0 Å². The van der Waals surface area contributed by atoms with E-state index in [-0.39, 0.29) is 0 Å². The van der Waals surface area contributed by atoms with Crippen molar-refractivity contribution < 1.29 is 9.47 Å². The van der Waals surface area contributed by atoms with Crippen LogP contribution in [0.25, 0.3) is 0 Å². The summed E-state index contributed by atoms with van der Waals surface area (Å²) in [6.45, 7) is 5.05. The highest BCUT2D eigenvalue weighted by atomic mass is 16.5. The summed E-state index contributed by atoms with van der Waals surface area (Å²) in [5.41, 5.74) is 7.16. The summed E-state index contributed by atoms with van der Waals surface area (Å²) < 4.78 is 11.4. The third-order valence-electron chi connectivity index (χ3n) is 4.51. The van der Waals surface area contributed by atoms with Crippen molar-refractivity contribution in [2.45, 2.75) is 39.2 Å². The minimum atomic E-state index is 0.519. The molecule has 0 saturated carbocycles. The van der Waals surface area contributed by atoms with Crippen LogP contribution < -0.4 is 15.2 Å². The van der Waals surface area contributed by atoms with Crippen molar-refractivity contribution in [3.05, 3.63) is 48.2 Å². The standard InChI is InChI=1S/C21H28N4O2/c1-2-26-18-9-5-6-10-19(18)27-20-12-11-17(15-23-20)16-24-21(22)25-13-7-3-4-8-14-25/h5-6,9-12,15H,2-4,7-8,13-14,16H2,1H3,(H2,22,24). The maximum absolute atomic E-state index is 6.16. The predicted octanol–water partition coefficient (Wildman–Crippen LogP) is 3.96. The van der Waals surface area contributed by atoms with Gasteiger partial charge in [-0.25, -0.2) is 9.98 Å². The van der Waals surface area contributed by atoms with Crippen LogP contribution in [0.4, 0.5) is 0 Å². The van der Waals surface area contributed by atoms with E-state index in [0.717, 1.165) is 18.7 Å². The average molecular weight is 368 g/mol. The van der Waals surface area contributed by atoms with Crippen molar-refractivity contribution in [3.8, 4) is 17.4 Å². The highest BCUT2D eigenvalue weighted by Gasteiger charge is 2.11. The van der Waals surface area contributed by atoms with Gasteiger partial charge in [-0.15, -0.1) is 0 Å². The van der Waals surface area contributed by atoms with E-state index in [1.54, 1.807) is 6.20 Å². The topological polar surface area (TPSA) is 73.0 Å². The van der Waals surface area contributed by atoms with E-state index in [2.05, 4.69) is 14.9 Å². The molecule has 2 N–H and O–H groups in total. The molecule has 1 fully saturated rings. The van der Waals surface area contributed by atoms with Crippen LogP contribution in [0.1, 0.15) is 38.2 Å². The lowest BCUT2D eigenvalue weighted by molar-refractivity contribution is 0.319. The molecule has 6 nitrogen and oxygen atoms in total. The third-order valence-corrected chi connectivity index (χ3v) is 4.51. The number of rotatable bonds is 6. The number of ether oxygens (including phenoxy) is 2. The van der Waals surface area contributed by atoms with Crippen molar-refractivity contribution in [1.82, 2.24) is 9.88 Å². The maximum atomic E-state index is 6.16. The molecule has 2 aromatic rings. The van der Waals surface area contributed by atoms with Crippen LogP contribution in [0.2, 0.25) is 0 Å². The van der Waals surface area contributed by atoms with Gasteiger partial charge < -0.3 is 20.1 Å². The molecule has 2 heterocycles. The molecule has 144 valence electrons. The van der Waals surface area contributed by atoms with Gasteiger partial charge in [-0.1, -0.05) is 31.0 Å². The molecule has 1 aromatic carbocycles. The largest absolute Gasteiger partial charge is 0.490 e. The van der Waals surface area contributed by atoms with E-state index in [4.69, 9.17) is 15.2 Å². The van der Waals surface area contributed by atoms with Crippen molar-refractivity contribution in [1.29, 1.82) is 0 Å². The van der Waals surface area contributed by atoms with Crippen molar-refractivity contribution in [3.63, 3.8) is 0 Å². The Morgan fingerprint density at radius 1 is 1.07 bits per heavy atom. The number of nitrogens with two attached hydrogens (primary N) is 1. The fourth-order valence-electron chi connectivity index (χ4n) is 3.06. The molecule has 0 radical (unpaired) electrons. The van der Waals surface area contributed by atoms with E-state index < -0.39 is 0 Å². The SMILES string of the molecule is CCOc1ccccc1Oc1ccc(CN=C(N)N2CCCCCC2)cn1. The minimum Gasteiger partial charge on any atom is -0.490 e. The fourth-order valence-corrected chi connectivity index (χ4v) is 3.06. The first kappa shape index (κ1) is 19.0. The van der Waals surface area contributed by atoms with Gasteiger partial charge >= 0.3 is 0 Å². The average Bonchev–Trinajstić information content (AvgIpc) is 2.98. The van der Waals surface area contributed by atoms with Gasteiger partial charge in [0.15, 0.2) is 17.5 Å². The lowest BCUT2D eigenvalue weighted by Crippen LogP contribution is -2.38. The van der Waals surface area contributed by atoms with Crippen molar-refractivity contribution in [2.24, 2.45) is 10.7 Å². The minimum absolute atomic E-state index is 0.519. The molecule has 0 amide bonds. The molecule has 1 saturated heterocycles. The zero-order valence-corrected chi connectivity index (χ0v) is 15.9. The van der Waals surface area contributed by atoms with Gasteiger partial charge in [0, 0.05) is 25.4 Å². The number of para-hydroxylation sites is 2. The van der Waals surface area contributed by atoms with Crippen LogP contribution in [0.5, 0.6) is 17.4 Å². The second-order valence-corrected chi connectivity index (χ2v) is 6.56. The van der Waals surface area contributed by atoms with Crippen LogP contribution in [-0.4, -0.2) is 35.5 Å². The predicted molar refractivity (Wildman–Crippen MR) is 107 cm³/mol. The highest BCUT2D eigenvalue weighted by molar-refractivity contribution is 5.78. The number of hydrogen-bond donors (Lipinski definition) is 1. The molecule has 0 aliphatic carbocycles. The molecule has 27 heavy (non-hydrogen) atoms. The number of nitrogens with zero attached hydrogens (tertiary/aromatic N) is 3. The zero-order chi connectivity index (χ0) is 18.9. The van der Waals surface area contributed by atoms with Crippen molar-refractivity contribution >= 4 is 5.96 Å². The van der Waals surface area contributed by atoms with Gasteiger partial charge in [0.1, 0.15) is 0 Å². The third kappa shape index (κ3) is 5.61. The molecule has 0 spiro atoms. The molecule has 3 rings (SSSR count). The number of aromatic nitrogens is 1. The molecule has 0 unspecified atom stereocenters. The fraction of sp³-hybridized carbons (Fsp3) is 0.429. The second-order valence-electron chi connectivity index (χ2n) is 6.56. The summed E-state index contributed by atoms with van der Waals surface area (Å²) in [6.07, 6.45) is 6.71. The molecule has 1 aromatic heterocycles. The van der Waals surface area contributed by atoms with Gasteiger partial charge in [0.05, 0.1) is 13.2 Å². The Kier molecular flexibility index (Phi) is 6.90. The molecule has 0 atom stereocenters. The number of guanidine groups is 1. The van der Waals surface area contributed by atoms with Crippen LogP contribution in [0.15, 0.2) is 47.6 Å². The van der Waals surface area contributed by atoms with Crippen LogP contribution in [0, 0.1) is 0 Å². The first-order valence-corrected chi connectivity index (χ1v) is 9.65. The van der Waals surface area contributed by atoms with Gasteiger partial charge in [0.25, 0.3) is 0 Å². The Morgan fingerprint density at radius 2 is 1.81 bits per heavy atom. The summed E-state index contributed by atoms with van der Waals surface area (Å²) in [4.78, 5) is 11.1. The Balaban J connectivity index is 1.59. The normalized spacial score (nSPS) is 15.3. The monoisotopic (exact) mass is 368 g/mol. The summed E-state index contributed by atoms with van der Waals surface area (Å²) in [6, 6.07) is 11.4. The van der Waals surface area contributed by atoms with E-state index in [1.165, 1.54) is 25.7 Å². The Labute approximate surface area is 161 Å². The zero-order valence-electron chi connectivity index (χ0n) is 15.9. The van der Waals surface area contributed by atoms with Crippen LogP contribution in [0.3, 0.4) is 0 Å². The Morgan fingerprint density at radius 3 is 2.48 bits per heavy atom. The molecular formula is C21H28N4O2. The van der Waals surface area contributed by atoms with E-state index >= 15 is 0 Å². The molecule has 0 bridgehead atoms. The van der Waals surface area contributed by atoms with E-state index in [0.29, 0.717) is 36.5 Å². The lowest BCUT2D eigenvalue weighted by Gasteiger charge is -2.21. The smallest absolute Gasteiger partial charge is 0.219 e. The van der Waals surface area contributed by atoms with Gasteiger partial charge in [0.2, 0.25) is 5.88 Å². The first-order chi connectivity index (χ1) is 13.3. The Bertz CT molecular complexity index is 738.